The maximum Gasteiger partial charge on any atom is 0.407 e. The largest absolute Gasteiger partial charge is 0.481 e. The van der Waals surface area contributed by atoms with Gasteiger partial charge in [-0.1, -0.05) is 0 Å². The highest BCUT2D eigenvalue weighted by atomic mass is 16.6. The maximum atomic E-state index is 11.4. The molecular weight excluding hydrogens is 372 g/mol. The molecule has 0 unspecified atom stereocenters. The Morgan fingerprint density at radius 3 is 1.79 bits per heavy atom. The van der Waals surface area contributed by atoms with Crippen molar-refractivity contribution in [3.63, 3.8) is 0 Å². The van der Waals surface area contributed by atoms with Crippen molar-refractivity contribution in [2.75, 3.05) is 52.7 Å². The Morgan fingerprint density at radius 2 is 1.29 bits per heavy atom. The molecule has 0 rings (SSSR count). The molecule has 0 aliphatic rings. The molecule has 0 aliphatic heterocycles. The number of hydrogen-bond acceptors (Lipinski definition) is 7. The summed E-state index contributed by atoms with van der Waals surface area (Å²) >= 11 is 0. The third-order valence-electron chi connectivity index (χ3n) is 3.02. The van der Waals surface area contributed by atoms with Crippen molar-refractivity contribution in [3.05, 3.63) is 0 Å². The van der Waals surface area contributed by atoms with Crippen molar-refractivity contribution in [3.8, 4) is 0 Å². The van der Waals surface area contributed by atoms with Gasteiger partial charge in [-0.15, -0.1) is 0 Å². The SMILES string of the molecule is CC(C)(C)OC(=O)NCCOCCOCCOCCNC(=O)CCCC(=O)O. The number of ether oxygens (including phenoxy) is 4. The monoisotopic (exact) mass is 406 g/mol. The van der Waals surface area contributed by atoms with Gasteiger partial charge in [0.1, 0.15) is 5.60 Å². The number of carbonyl (C=O) groups is 3. The number of rotatable bonds is 16. The Bertz CT molecular complexity index is 451. The molecule has 0 saturated carbocycles. The number of amides is 2. The molecule has 0 bridgehead atoms. The minimum Gasteiger partial charge on any atom is -0.481 e. The van der Waals surface area contributed by atoms with Crippen molar-refractivity contribution in [1.29, 1.82) is 0 Å². The van der Waals surface area contributed by atoms with Crippen LogP contribution in [0.5, 0.6) is 0 Å². The van der Waals surface area contributed by atoms with E-state index in [4.69, 9.17) is 24.1 Å². The fourth-order valence-corrected chi connectivity index (χ4v) is 1.83. The zero-order chi connectivity index (χ0) is 21.3. The lowest BCUT2D eigenvalue weighted by atomic mass is 10.2. The van der Waals surface area contributed by atoms with Gasteiger partial charge in [-0.25, -0.2) is 4.79 Å². The van der Waals surface area contributed by atoms with Gasteiger partial charge in [-0.3, -0.25) is 9.59 Å². The van der Waals surface area contributed by atoms with Gasteiger partial charge in [0.2, 0.25) is 5.91 Å². The summed E-state index contributed by atoms with van der Waals surface area (Å²) in [6.07, 6.45) is 0.0455. The van der Waals surface area contributed by atoms with Gasteiger partial charge in [-0.2, -0.15) is 0 Å². The number of carboxylic acid groups (broad SMARTS) is 1. The Labute approximate surface area is 166 Å². The highest BCUT2D eigenvalue weighted by Gasteiger charge is 2.15. The molecule has 0 heterocycles. The van der Waals surface area contributed by atoms with Gasteiger partial charge < -0.3 is 34.7 Å². The second-order valence-electron chi connectivity index (χ2n) is 6.86. The van der Waals surface area contributed by atoms with Crippen LogP contribution < -0.4 is 10.6 Å². The van der Waals surface area contributed by atoms with Crippen LogP contribution in [0.4, 0.5) is 4.79 Å². The van der Waals surface area contributed by atoms with Crippen LogP contribution in [0.3, 0.4) is 0 Å². The lowest BCUT2D eigenvalue weighted by Crippen LogP contribution is -2.34. The normalized spacial score (nSPS) is 11.1. The summed E-state index contributed by atoms with van der Waals surface area (Å²) < 4.78 is 21.0. The molecule has 10 heteroatoms. The molecule has 3 N–H and O–H groups in total. The first-order chi connectivity index (χ1) is 13.2. The summed E-state index contributed by atoms with van der Waals surface area (Å²) in [6.45, 7) is 8.48. The molecule has 0 atom stereocenters. The molecule has 164 valence electrons. The molecule has 10 nitrogen and oxygen atoms in total. The smallest absolute Gasteiger partial charge is 0.407 e. The third-order valence-corrected chi connectivity index (χ3v) is 3.02. The predicted molar refractivity (Wildman–Crippen MR) is 101 cm³/mol. The van der Waals surface area contributed by atoms with Gasteiger partial charge in [0, 0.05) is 25.9 Å². The second-order valence-corrected chi connectivity index (χ2v) is 6.86. The summed E-state index contributed by atoms with van der Waals surface area (Å²) in [4.78, 5) is 33.1. The van der Waals surface area contributed by atoms with Crippen molar-refractivity contribution in [2.24, 2.45) is 0 Å². The molecule has 0 aromatic carbocycles. The Balaban J connectivity index is 3.27. The standard InChI is InChI=1S/C18H34N2O8/c1-18(2,3)28-17(24)20-8-10-26-12-14-27-13-11-25-9-7-19-15(21)5-4-6-16(22)23/h4-14H2,1-3H3,(H,19,21)(H,20,24)(H,22,23). The maximum absolute atomic E-state index is 11.4. The van der Waals surface area contributed by atoms with Crippen LogP contribution >= 0.6 is 0 Å². The highest BCUT2D eigenvalue weighted by molar-refractivity contribution is 5.76. The van der Waals surface area contributed by atoms with E-state index in [-0.39, 0.29) is 18.7 Å². The molecule has 0 spiro atoms. The zero-order valence-corrected chi connectivity index (χ0v) is 17.1. The second kappa shape index (κ2) is 16.1. The summed E-state index contributed by atoms with van der Waals surface area (Å²) in [5, 5.41) is 13.7. The van der Waals surface area contributed by atoms with Gasteiger partial charge in [-0.05, 0) is 27.2 Å². The Hall–Kier alpha value is -1.91. The van der Waals surface area contributed by atoms with Crippen LogP contribution in [-0.4, -0.2) is 81.4 Å². The summed E-state index contributed by atoms with van der Waals surface area (Å²) in [6, 6.07) is 0. The first-order valence-electron chi connectivity index (χ1n) is 9.39. The first kappa shape index (κ1) is 26.1. The van der Waals surface area contributed by atoms with Gasteiger partial charge in [0.15, 0.2) is 0 Å². The number of carbonyl (C=O) groups excluding carboxylic acids is 2. The van der Waals surface area contributed by atoms with Gasteiger partial charge in [0.05, 0.1) is 39.6 Å². The number of aliphatic carboxylic acids is 1. The third kappa shape index (κ3) is 20.4. The van der Waals surface area contributed by atoms with E-state index in [0.717, 1.165) is 0 Å². The van der Waals surface area contributed by atoms with Crippen LogP contribution in [0.25, 0.3) is 0 Å². The molecule has 28 heavy (non-hydrogen) atoms. The van der Waals surface area contributed by atoms with E-state index in [9.17, 15) is 14.4 Å². The quantitative estimate of drug-likeness (QED) is 0.323. The van der Waals surface area contributed by atoms with E-state index in [0.29, 0.717) is 59.2 Å². The summed E-state index contributed by atoms with van der Waals surface area (Å²) in [7, 11) is 0. The van der Waals surface area contributed by atoms with E-state index in [1.807, 2.05) is 0 Å². The van der Waals surface area contributed by atoms with Crippen LogP contribution in [0, 0.1) is 0 Å². The highest BCUT2D eigenvalue weighted by Crippen LogP contribution is 2.06. The van der Waals surface area contributed by atoms with Gasteiger partial charge >= 0.3 is 12.1 Å². The molecule has 2 amide bonds. The predicted octanol–water partition coefficient (Wildman–Crippen LogP) is 0.932. The summed E-state index contributed by atoms with van der Waals surface area (Å²) in [5.41, 5.74) is -0.519. The molecular formula is C18H34N2O8. The molecule has 0 aliphatic carbocycles. The number of hydrogen-bond donors (Lipinski definition) is 3. The molecule has 0 fully saturated rings. The van der Waals surface area contributed by atoms with Crippen LogP contribution in [0.1, 0.15) is 40.0 Å². The Kier molecular flexibility index (Phi) is 15.0. The Morgan fingerprint density at radius 1 is 0.786 bits per heavy atom. The number of alkyl carbamates (subject to hydrolysis) is 1. The van der Waals surface area contributed by atoms with Crippen LogP contribution in [0.15, 0.2) is 0 Å². The molecule has 0 radical (unpaired) electrons. The fourth-order valence-electron chi connectivity index (χ4n) is 1.83. The number of carboxylic acids is 1. The van der Waals surface area contributed by atoms with Crippen LogP contribution in [-0.2, 0) is 28.5 Å². The summed E-state index contributed by atoms with van der Waals surface area (Å²) in [5.74, 6) is -1.08. The van der Waals surface area contributed by atoms with Gasteiger partial charge in [0.25, 0.3) is 0 Å². The molecule has 0 aromatic heterocycles. The average molecular weight is 406 g/mol. The molecule has 0 aromatic rings. The van der Waals surface area contributed by atoms with Crippen molar-refractivity contribution >= 4 is 18.0 Å². The fraction of sp³-hybridized carbons (Fsp3) is 0.833. The van der Waals surface area contributed by atoms with Crippen LogP contribution in [0.2, 0.25) is 0 Å². The zero-order valence-electron chi connectivity index (χ0n) is 17.1. The minimum atomic E-state index is -0.904. The number of nitrogens with one attached hydrogen (secondary N) is 2. The average Bonchev–Trinajstić information content (AvgIpc) is 2.57. The first-order valence-corrected chi connectivity index (χ1v) is 9.39. The molecule has 0 saturated heterocycles. The van der Waals surface area contributed by atoms with E-state index < -0.39 is 17.7 Å². The van der Waals surface area contributed by atoms with E-state index in [2.05, 4.69) is 10.6 Å². The lowest BCUT2D eigenvalue weighted by molar-refractivity contribution is -0.137. The lowest BCUT2D eigenvalue weighted by Gasteiger charge is -2.19. The van der Waals surface area contributed by atoms with Crippen molar-refractivity contribution in [2.45, 2.75) is 45.6 Å². The minimum absolute atomic E-state index is 0.00870. The van der Waals surface area contributed by atoms with E-state index >= 15 is 0 Å². The van der Waals surface area contributed by atoms with Crippen molar-refractivity contribution < 1.29 is 38.4 Å². The van der Waals surface area contributed by atoms with E-state index in [1.54, 1.807) is 20.8 Å². The topological polar surface area (TPSA) is 132 Å². The van der Waals surface area contributed by atoms with Crippen molar-refractivity contribution in [1.82, 2.24) is 10.6 Å². The van der Waals surface area contributed by atoms with E-state index in [1.165, 1.54) is 0 Å².